The molecule has 0 atom stereocenters. The first kappa shape index (κ1) is 14.0. The zero-order valence-corrected chi connectivity index (χ0v) is 12.5. The minimum Gasteiger partial charge on any atom is -0.438 e. The fourth-order valence-electron chi connectivity index (χ4n) is 2.09. The van der Waals surface area contributed by atoms with E-state index >= 15 is 0 Å². The van der Waals surface area contributed by atoms with Gasteiger partial charge in [0.2, 0.25) is 5.88 Å². The Morgan fingerprint density at radius 2 is 2.05 bits per heavy atom. The van der Waals surface area contributed by atoms with Gasteiger partial charge in [0, 0.05) is 18.7 Å². The highest BCUT2D eigenvalue weighted by molar-refractivity contribution is 5.32. The van der Waals surface area contributed by atoms with Crippen molar-refractivity contribution in [2.24, 2.45) is 0 Å². The molecule has 0 amide bonds. The predicted octanol–water partition coefficient (Wildman–Crippen LogP) is 3.64. The molecule has 0 aliphatic heterocycles. The van der Waals surface area contributed by atoms with Gasteiger partial charge in [0.05, 0.1) is 5.69 Å². The lowest BCUT2D eigenvalue weighted by Crippen LogP contribution is -2.16. The van der Waals surface area contributed by atoms with Crippen LogP contribution in [0.1, 0.15) is 43.9 Å². The summed E-state index contributed by atoms with van der Waals surface area (Å²) in [6.45, 7) is 5.11. The van der Waals surface area contributed by atoms with Gasteiger partial charge < -0.3 is 10.1 Å². The first-order valence-corrected chi connectivity index (χ1v) is 7.54. The van der Waals surface area contributed by atoms with Crippen LogP contribution in [0.5, 0.6) is 11.6 Å². The number of rotatable bonds is 6. The average molecular weight is 283 g/mol. The molecule has 0 spiro atoms. The van der Waals surface area contributed by atoms with Gasteiger partial charge in [-0.15, -0.1) is 5.10 Å². The van der Waals surface area contributed by atoms with Crippen molar-refractivity contribution in [2.45, 2.75) is 45.2 Å². The van der Waals surface area contributed by atoms with Crippen LogP contribution in [0, 0.1) is 0 Å². The van der Waals surface area contributed by atoms with Crippen LogP contribution in [-0.2, 0) is 6.54 Å². The van der Waals surface area contributed by atoms with Crippen molar-refractivity contribution in [1.82, 2.24) is 15.5 Å². The largest absolute Gasteiger partial charge is 0.438 e. The van der Waals surface area contributed by atoms with Gasteiger partial charge in [-0.3, -0.25) is 0 Å². The third-order valence-corrected chi connectivity index (χ3v) is 3.59. The summed E-state index contributed by atoms with van der Waals surface area (Å²) < 4.78 is 5.77. The van der Waals surface area contributed by atoms with Gasteiger partial charge in [0.25, 0.3) is 0 Å². The summed E-state index contributed by atoms with van der Waals surface area (Å²) in [6.07, 6.45) is 2.56. The van der Waals surface area contributed by atoms with E-state index in [1.54, 1.807) is 0 Å². The van der Waals surface area contributed by atoms with Crippen molar-refractivity contribution < 1.29 is 4.74 Å². The maximum absolute atomic E-state index is 5.77. The Labute approximate surface area is 125 Å². The topological polar surface area (TPSA) is 47.0 Å². The molecule has 3 rings (SSSR count). The Kier molecular flexibility index (Phi) is 4.15. The van der Waals surface area contributed by atoms with Crippen molar-refractivity contribution in [2.75, 3.05) is 0 Å². The lowest BCUT2D eigenvalue weighted by Gasteiger charge is -2.09. The molecule has 110 valence electrons. The lowest BCUT2D eigenvalue weighted by molar-refractivity contribution is 0.452. The Bertz CT molecular complexity index is 591. The summed E-state index contributed by atoms with van der Waals surface area (Å²) in [5.74, 6) is 1.82. The van der Waals surface area contributed by atoms with E-state index < -0.39 is 0 Å². The summed E-state index contributed by atoms with van der Waals surface area (Å²) in [7, 11) is 0. The molecule has 1 fully saturated rings. The third-order valence-electron chi connectivity index (χ3n) is 3.59. The van der Waals surface area contributed by atoms with Gasteiger partial charge in [-0.05, 0) is 42.5 Å². The van der Waals surface area contributed by atoms with E-state index in [2.05, 4.69) is 41.5 Å². The predicted molar refractivity (Wildman–Crippen MR) is 82.5 cm³/mol. The molecule has 0 unspecified atom stereocenters. The Morgan fingerprint density at radius 1 is 1.19 bits per heavy atom. The summed E-state index contributed by atoms with van der Waals surface area (Å²) in [5, 5.41) is 11.7. The normalized spacial score (nSPS) is 14.4. The fourth-order valence-corrected chi connectivity index (χ4v) is 2.09. The van der Waals surface area contributed by atoms with Crippen molar-refractivity contribution in [3.63, 3.8) is 0 Å². The second-order valence-corrected chi connectivity index (χ2v) is 5.85. The van der Waals surface area contributed by atoms with E-state index in [1.165, 1.54) is 18.4 Å². The van der Waals surface area contributed by atoms with Crippen LogP contribution in [0.3, 0.4) is 0 Å². The molecule has 0 radical (unpaired) electrons. The van der Waals surface area contributed by atoms with Crippen LogP contribution >= 0.6 is 0 Å². The SMILES string of the molecule is CC(C)c1cccc(Oc2ccc(CNC3CC3)nn2)c1. The Balaban J connectivity index is 1.62. The molecule has 1 heterocycles. The van der Waals surface area contributed by atoms with Crippen molar-refractivity contribution in [1.29, 1.82) is 0 Å². The molecule has 1 N–H and O–H groups in total. The first-order valence-electron chi connectivity index (χ1n) is 7.54. The minimum absolute atomic E-state index is 0.482. The summed E-state index contributed by atoms with van der Waals surface area (Å²) >= 11 is 0. The van der Waals surface area contributed by atoms with Crippen molar-refractivity contribution in [3.8, 4) is 11.6 Å². The molecule has 1 aromatic heterocycles. The molecule has 0 bridgehead atoms. The molecule has 1 saturated carbocycles. The number of hydrogen-bond donors (Lipinski definition) is 1. The smallest absolute Gasteiger partial charge is 0.238 e. The van der Waals surface area contributed by atoms with E-state index in [-0.39, 0.29) is 0 Å². The van der Waals surface area contributed by atoms with Gasteiger partial charge in [0.15, 0.2) is 0 Å². The highest BCUT2D eigenvalue weighted by Gasteiger charge is 2.20. The van der Waals surface area contributed by atoms with E-state index in [0.717, 1.165) is 18.0 Å². The Morgan fingerprint density at radius 3 is 2.71 bits per heavy atom. The van der Waals surface area contributed by atoms with Gasteiger partial charge in [-0.25, -0.2) is 0 Å². The van der Waals surface area contributed by atoms with Crippen LogP contribution in [0.25, 0.3) is 0 Å². The second-order valence-electron chi connectivity index (χ2n) is 5.85. The monoisotopic (exact) mass is 283 g/mol. The zero-order valence-electron chi connectivity index (χ0n) is 12.5. The average Bonchev–Trinajstić information content (AvgIpc) is 3.31. The number of benzene rings is 1. The standard InChI is InChI=1S/C17H21N3O/c1-12(2)13-4-3-5-16(10-13)21-17-9-8-15(19-20-17)11-18-14-6-7-14/h3-5,8-10,12,14,18H,6-7,11H2,1-2H3. The molecular formula is C17H21N3O. The number of hydrogen-bond acceptors (Lipinski definition) is 4. The first-order chi connectivity index (χ1) is 10.2. The summed E-state index contributed by atoms with van der Waals surface area (Å²) in [5.41, 5.74) is 2.20. The van der Waals surface area contributed by atoms with E-state index in [4.69, 9.17) is 4.74 Å². The van der Waals surface area contributed by atoms with E-state index in [1.807, 2.05) is 24.3 Å². The molecule has 2 aromatic rings. The van der Waals surface area contributed by atoms with Crippen molar-refractivity contribution in [3.05, 3.63) is 47.7 Å². The molecule has 1 aromatic carbocycles. The zero-order chi connectivity index (χ0) is 14.7. The van der Waals surface area contributed by atoms with Gasteiger partial charge in [-0.2, -0.15) is 5.10 Å². The number of ether oxygens (including phenoxy) is 1. The van der Waals surface area contributed by atoms with Crippen LogP contribution in [-0.4, -0.2) is 16.2 Å². The molecule has 21 heavy (non-hydrogen) atoms. The van der Waals surface area contributed by atoms with Crippen LogP contribution in [0.4, 0.5) is 0 Å². The number of nitrogens with one attached hydrogen (secondary N) is 1. The number of nitrogens with zero attached hydrogens (tertiary/aromatic N) is 2. The lowest BCUT2D eigenvalue weighted by atomic mass is 10.0. The maximum atomic E-state index is 5.77. The number of aromatic nitrogens is 2. The van der Waals surface area contributed by atoms with E-state index in [9.17, 15) is 0 Å². The highest BCUT2D eigenvalue weighted by Crippen LogP contribution is 2.24. The van der Waals surface area contributed by atoms with E-state index in [0.29, 0.717) is 17.8 Å². The van der Waals surface area contributed by atoms with Gasteiger partial charge in [0.1, 0.15) is 5.75 Å². The molecule has 1 aliphatic carbocycles. The van der Waals surface area contributed by atoms with Gasteiger partial charge >= 0.3 is 0 Å². The minimum atomic E-state index is 0.482. The molecule has 1 aliphatic rings. The molecule has 4 nitrogen and oxygen atoms in total. The quantitative estimate of drug-likeness (QED) is 0.879. The molecular weight excluding hydrogens is 262 g/mol. The molecule has 4 heteroatoms. The molecule has 0 saturated heterocycles. The maximum Gasteiger partial charge on any atom is 0.238 e. The van der Waals surface area contributed by atoms with Crippen LogP contribution in [0.15, 0.2) is 36.4 Å². The summed E-state index contributed by atoms with van der Waals surface area (Å²) in [6, 6.07) is 12.6. The fraction of sp³-hybridized carbons (Fsp3) is 0.412. The Hall–Kier alpha value is -1.94. The third kappa shape index (κ3) is 4.02. The van der Waals surface area contributed by atoms with Crippen LogP contribution in [0.2, 0.25) is 0 Å². The highest BCUT2D eigenvalue weighted by atomic mass is 16.5. The summed E-state index contributed by atoms with van der Waals surface area (Å²) in [4.78, 5) is 0. The van der Waals surface area contributed by atoms with Gasteiger partial charge in [-0.1, -0.05) is 26.0 Å². The van der Waals surface area contributed by atoms with Crippen LogP contribution < -0.4 is 10.1 Å². The van der Waals surface area contributed by atoms with Crippen molar-refractivity contribution >= 4 is 0 Å². The second kappa shape index (κ2) is 6.22.